The topological polar surface area (TPSA) is 78.9 Å². The SMILES string of the molecule is CC/C=C\C/C=C\C/C=C\C/C=C\C/C=C\C/C=C\CCCCCCCCCCCCCCCCCCC(=O)OCC(COC(=O)CCCCCCCC)OC(=O)CCCCCCCCCCCCCCCCCCCCCCCCC. The fourth-order valence-electron chi connectivity index (χ4n) is 10.6. The number of allylic oxidation sites excluding steroid dienone is 12. The lowest BCUT2D eigenvalue weighted by molar-refractivity contribution is -0.167. The first-order valence-electron chi connectivity index (χ1n) is 35.9. The summed E-state index contributed by atoms with van der Waals surface area (Å²) in [6.45, 7) is 6.53. The second-order valence-electron chi connectivity index (χ2n) is 24.1. The maximum absolute atomic E-state index is 12.9. The molecular weight excluding hydrogens is 1010 g/mol. The Morgan fingerprint density at radius 2 is 0.476 bits per heavy atom. The molecule has 0 aromatic heterocycles. The minimum absolute atomic E-state index is 0.0689. The van der Waals surface area contributed by atoms with E-state index < -0.39 is 6.10 Å². The molecule has 6 heteroatoms. The van der Waals surface area contributed by atoms with Crippen LogP contribution in [0.5, 0.6) is 0 Å². The average molecular weight is 1150 g/mol. The van der Waals surface area contributed by atoms with Crippen LogP contribution in [-0.2, 0) is 28.6 Å². The van der Waals surface area contributed by atoms with Gasteiger partial charge in [0.05, 0.1) is 0 Å². The first kappa shape index (κ1) is 78.8. The summed E-state index contributed by atoms with van der Waals surface area (Å²) >= 11 is 0. The molecule has 0 amide bonds. The van der Waals surface area contributed by atoms with Crippen LogP contribution in [0, 0.1) is 0 Å². The molecule has 0 heterocycles. The Balaban J connectivity index is 3.96. The van der Waals surface area contributed by atoms with Crippen molar-refractivity contribution in [3.05, 3.63) is 72.9 Å². The van der Waals surface area contributed by atoms with Crippen molar-refractivity contribution in [2.24, 2.45) is 0 Å². The molecule has 0 fully saturated rings. The van der Waals surface area contributed by atoms with Gasteiger partial charge in [0.25, 0.3) is 0 Å². The number of carbonyl (C=O) groups is 3. The van der Waals surface area contributed by atoms with E-state index in [0.717, 1.165) is 96.3 Å². The lowest BCUT2D eigenvalue weighted by atomic mass is 10.0. The van der Waals surface area contributed by atoms with Gasteiger partial charge in [-0.2, -0.15) is 0 Å². The summed E-state index contributed by atoms with van der Waals surface area (Å²) in [5, 5.41) is 0. The van der Waals surface area contributed by atoms with E-state index in [9.17, 15) is 14.4 Å². The van der Waals surface area contributed by atoms with Gasteiger partial charge in [-0.05, 0) is 70.6 Å². The molecule has 1 unspecified atom stereocenters. The van der Waals surface area contributed by atoms with Crippen LogP contribution in [0.25, 0.3) is 0 Å². The number of hydrogen-bond acceptors (Lipinski definition) is 6. The fourth-order valence-corrected chi connectivity index (χ4v) is 10.6. The lowest BCUT2D eigenvalue weighted by Crippen LogP contribution is -2.30. The Hall–Kier alpha value is -3.15. The normalized spacial score (nSPS) is 12.5. The van der Waals surface area contributed by atoms with Crippen LogP contribution < -0.4 is 0 Å². The van der Waals surface area contributed by atoms with Crippen molar-refractivity contribution in [2.45, 2.75) is 380 Å². The maximum Gasteiger partial charge on any atom is 0.306 e. The quantitative estimate of drug-likeness (QED) is 0.0261. The van der Waals surface area contributed by atoms with Gasteiger partial charge in [0.2, 0.25) is 0 Å². The number of unbranched alkanes of at least 4 members (excludes halogenated alkanes) is 43. The summed E-state index contributed by atoms with van der Waals surface area (Å²) in [5.74, 6) is -0.855. The zero-order valence-corrected chi connectivity index (χ0v) is 54.8. The van der Waals surface area contributed by atoms with E-state index in [1.807, 2.05) is 0 Å². The number of esters is 3. The average Bonchev–Trinajstić information content (AvgIpc) is 3.47. The van der Waals surface area contributed by atoms with Gasteiger partial charge in [-0.15, -0.1) is 0 Å². The van der Waals surface area contributed by atoms with E-state index in [2.05, 4.69) is 93.7 Å². The third-order valence-electron chi connectivity index (χ3n) is 16.0. The predicted molar refractivity (Wildman–Crippen MR) is 358 cm³/mol. The minimum Gasteiger partial charge on any atom is -0.462 e. The van der Waals surface area contributed by atoms with Gasteiger partial charge in [-0.25, -0.2) is 0 Å². The predicted octanol–water partition coefficient (Wildman–Crippen LogP) is 24.8. The van der Waals surface area contributed by atoms with Crippen LogP contribution in [0.3, 0.4) is 0 Å². The standard InChI is InChI=1S/C76H136O6/c1-4-7-10-13-16-18-20-22-24-26-28-30-32-33-34-35-36-37-38-39-40-41-42-43-45-46-48-50-52-54-56-58-60-63-66-69-75(78)81-72-73(71-80-74(77)68-65-62-15-12-9-6-3)82-76(79)70-67-64-61-59-57-55-53-51-49-47-44-31-29-27-25-23-21-19-17-14-11-8-5-2/h7,10,16,18,22,24,28,30,33-34,36-37,73H,4-6,8-9,11-15,17,19-21,23,25-27,29,31-32,35,38-72H2,1-3H3/b10-7-,18-16-,24-22-,30-28-,34-33-,37-36-. The molecule has 0 aliphatic rings. The lowest BCUT2D eigenvalue weighted by Gasteiger charge is -2.18. The van der Waals surface area contributed by atoms with Crippen molar-refractivity contribution in [3.8, 4) is 0 Å². The molecule has 0 spiro atoms. The fraction of sp³-hybridized carbons (Fsp3) is 0.803. The van der Waals surface area contributed by atoms with E-state index in [4.69, 9.17) is 14.2 Å². The highest BCUT2D eigenvalue weighted by molar-refractivity contribution is 5.71. The Kier molecular flexibility index (Phi) is 67.6. The van der Waals surface area contributed by atoms with Crippen molar-refractivity contribution in [1.82, 2.24) is 0 Å². The van der Waals surface area contributed by atoms with Crippen LogP contribution in [0.1, 0.15) is 374 Å². The van der Waals surface area contributed by atoms with E-state index in [1.165, 1.54) is 238 Å². The van der Waals surface area contributed by atoms with Gasteiger partial charge in [0, 0.05) is 19.3 Å². The van der Waals surface area contributed by atoms with Gasteiger partial charge in [0.15, 0.2) is 6.10 Å². The number of rotatable bonds is 66. The Labute approximate surface area is 510 Å². The van der Waals surface area contributed by atoms with Gasteiger partial charge in [0.1, 0.15) is 13.2 Å². The Bertz CT molecular complexity index is 1500. The summed E-state index contributed by atoms with van der Waals surface area (Å²) in [4.78, 5) is 38.1. The molecule has 0 rings (SSSR count). The zero-order chi connectivity index (χ0) is 59.2. The second-order valence-corrected chi connectivity index (χ2v) is 24.1. The Morgan fingerprint density at radius 3 is 0.744 bits per heavy atom. The van der Waals surface area contributed by atoms with Crippen molar-refractivity contribution < 1.29 is 28.6 Å². The highest BCUT2D eigenvalue weighted by Gasteiger charge is 2.19. The molecule has 476 valence electrons. The molecule has 0 saturated heterocycles. The van der Waals surface area contributed by atoms with Gasteiger partial charge in [-0.3, -0.25) is 14.4 Å². The van der Waals surface area contributed by atoms with E-state index in [0.29, 0.717) is 19.3 Å². The third kappa shape index (κ3) is 67.6. The van der Waals surface area contributed by atoms with E-state index in [1.54, 1.807) is 0 Å². The number of hydrogen-bond donors (Lipinski definition) is 0. The van der Waals surface area contributed by atoms with Crippen molar-refractivity contribution in [3.63, 3.8) is 0 Å². The molecule has 0 N–H and O–H groups in total. The molecule has 0 radical (unpaired) electrons. The molecule has 0 aliphatic heterocycles. The molecule has 0 saturated carbocycles. The number of ether oxygens (including phenoxy) is 3. The maximum atomic E-state index is 12.9. The molecule has 0 bridgehead atoms. The Morgan fingerprint density at radius 1 is 0.256 bits per heavy atom. The highest BCUT2D eigenvalue weighted by atomic mass is 16.6. The monoisotopic (exact) mass is 1150 g/mol. The smallest absolute Gasteiger partial charge is 0.306 e. The van der Waals surface area contributed by atoms with Crippen molar-refractivity contribution >= 4 is 17.9 Å². The zero-order valence-electron chi connectivity index (χ0n) is 54.8. The van der Waals surface area contributed by atoms with Gasteiger partial charge >= 0.3 is 17.9 Å². The molecule has 0 aliphatic carbocycles. The summed E-state index contributed by atoms with van der Waals surface area (Å²) in [6, 6.07) is 0. The second kappa shape index (κ2) is 70.3. The molecule has 6 nitrogen and oxygen atoms in total. The largest absolute Gasteiger partial charge is 0.462 e. The minimum atomic E-state index is -0.768. The molecule has 0 aromatic rings. The van der Waals surface area contributed by atoms with Crippen molar-refractivity contribution in [1.29, 1.82) is 0 Å². The molecular formula is C76H136O6. The number of carbonyl (C=O) groups excluding carboxylic acids is 3. The van der Waals surface area contributed by atoms with Crippen LogP contribution in [-0.4, -0.2) is 37.2 Å². The summed E-state index contributed by atoms with van der Waals surface area (Å²) in [7, 11) is 0. The molecule has 82 heavy (non-hydrogen) atoms. The van der Waals surface area contributed by atoms with Crippen LogP contribution in [0.4, 0.5) is 0 Å². The first-order valence-corrected chi connectivity index (χ1v) is 35.9. The van der Waals surface area contributed by atoms with E-state index in [-0.39, 0.29) is 31.1 Å². The van der Waals surface area contributed by atoms with Gasteiger partial charge in [-0.1, -0.05) is 357 Å². The van der Waals surface area contributed by atoms with Gasteiger partial charge < -0.3 is 14.2 Å². The highest BCUT2D eigenvalue weighted by Crippen LogP contribution is 2.18. The summed E-state index contributed by atoms with van der Waals surface area (Å²) in [6.07, 6.45) is 92.7. The first-order chi connectivity index (χ1) is 40.5. The van der Waals surface area contributed by atoms with Crippen LogP contribution in [0.2, 0.25) is 0 Å². The summed E-state index contributed by atoms with van der Waals surface area (Å²) in [5.41, 5.74) is 0. The van der Waals surface area contributed by atoms with Crippen molar-refractivity contribution in [2.75, 3.05) is 13.2 Å². The van der Waals surface area contributed by atoms with E-state index >= 15 is 0 Å². The van der Waals surface area contributed by atoms with Crippen LogP contribution in [0.15, 0.2) is 72.9 Å². The molecule has 1 atom stereocenters. The van der Waals surface area contributed by atoms with Crippen LogP contribution >= 0.6 is 0 Å². The third-order valence-corrected chi connectivity index (χ3v) is 16.0. The summed E-state index contributed by atoms with van der Waals surface area (Å²) < 4.78 is 16.9. The molecule has 0 aromatic carbocycles.